The number of amides is 1. The maximum Gasteiger partial charge on any atom is 0.307 e. The molecule has 0 spiro atoms. The monoisotopic (exact) mass is 311 g/mol. The standard InChI is InChI=1S/C18H33NO3/c1-7-22-16(20)10-13(4)19-17(21)15-11-18(5,6)9-8-14(15)12(2)3/h12-15H,7-11H2,1-6H3,(H,19,21). The van der Waals surface area contributed by atoms with Crippen LogP contribution in [0, 0.1) is 23.2 Å². The summed E-state index contributed by atoms with van der Waals surface area (Å²) in [5, 5.41) is 3.02. The summed E-state index contributed by atoms with van der Waals surface area (Å²) in [4.78, 5) is 24.2. The Morgan fingerprint density at radius 1 is 1.27 bits per heavy atom. The van der Waals surface area contributed by atoms with E-state index in [2.05, 4.69) is 33.0 Å². The van der Waals surface area contributed by atoms with Crippen LogP contribution in [0.4, 0.5) is 0 Å². The lowest BCUT2D eigenvalue weighted by Crippen LogP contribution is -2.45. The van der Waals surface area contributed by atoms with Crippen molar-refractivity contribution in [3.05, 3.63) is 0 Å². The van der Waals surface area contributed by atoms with Crippen LogP contribution in [0.5, 0.6) is 0 Å². The van der Waals surface area contributed by atoms with E-state index in [9.17, 15) is 9.59 Å². The van der Waals surface area contributed by atoms with E-state index in [0.717, 1.165) is 12.8 Å². The summed E-state index contributed by atoms with van der Waals surface area (Å²) in [5.74, 6) is 0.839. The van der Waals surface area contributed by atoms with Gasteiger partial charge in [-0.1, -0.05) is 27.7 Å². The molecule has 1 amide bonds. The second-order valence-corrected chi connectivity index (χ2v) is 7.84. The van der Waals surface area contributed by atoms with E-state index in [4.69, 9.17) is 4.74 Å². The summed E-state index contributed by atoms with van der Waals surface area (Å²) in [6.45, 7) is 12.9. The predicted octanol–water partition coefficient (Wildman–Crippen LogP) is 3.54. The quantitative estimate of drug-likeness (QED) is 0.763. The number of nitrogens with one attached hydrogen (secondary N) is 1. The lowest BCUT2D eigenvalue weighted by Gasteiger charge is -2.42. The highest BCUT2D eigenvalue weighted by molar-refractivity contribution is 5.80. The van der Waals surface area contributed by atoms with Crippen molar-refractivity contribution in [2.24, 2.45) is 23.2 Å². The van der Waals surface area contributed by atoms with E-state index in [-0.39, 0.29) is 35.7 Å². The van der Waals surface area contributed by atoms with Crippen molar-refractivity contribution in [1.82, 2.24) is 5.32 Å². The number of hydrogen-bond donors (Lipinski definition) is 1. The van der Waals surface area contributed by atoms with Gasteiger partial charge >= 0.3 is 5.97 Å². The average Bonchev–Trinajstić information content (AvgIpc) is 2.36. The summed E-state index contributed by atoms with van der Waals surface area (Å²) >= 11 is 0. The van der Waals surface area contributed by atoms with Crippen molar-refractivity contribution in [3.8, 4) is 0 Å². The van der Waals surface area contributed by atoms with Crippen LogP contribution in [-0.2, 0) is 14.3 Å². The van der Waals surface area contributed by atoms with Crippen molar-refractivity contribution in [2.75, 3.05) is 6.61 Å². The van der Waals surface area contributed by atoms with E-state index in [1.807, 2.05) is 6.92 Å². The van der Waals surface area contributed by atoms with Gasteiger partial charge in [-0.25, -0.2) is 0 Å². The van der Waals surface area contributed by atoms with Crippen LogP contribution in [-0.4, -0.2) is 24.5 Å². The molecule has 0 heterocycles. The number of esters is 1. The largest absolute Gasteiger partial charge is 0.466 e. The van der Waals surface area contributed by atoms with E-state index in [1.165, 1.54) is 6.42 Å². The van der Waals surface area contributed by atoms with E-state index < -0.39 is 0 Å². The van der Waals surface area contributed by atoms with Crippen LogP contribution in [0.2, 0.25) is 0 Å². The number of carbonyl (C=O) groups excluding carboxylic acids is 2. The summed E-state index contributed by atoms with van der Waals surface area (Å²) in [7, 11) is 0. The van der Waals surface area contributed by atoms with Gasteiger partial charge in [-0.3, -0.25) is 9.59 Å². The first kappa shape index (κ1) is 19.0. The third-order valence-electron chi connectivity index (χ3n) is 4.80. The van der Waals surface area contributed by atoms with Gasteiger partial charge in [0, 0.05) is 12.0 Å². The second kappa shape index (κ2) is 7.98. The maximum atomic E-state index is 12.7. The smallest absolute Gasteiger partial charge is 0.307 e. The molecule has 1 rings (SSSR count). The SMILES string of the molecule is CCOC(=O)CC(C)NC(=O)C1CC(C)(C)CCC1C(C)C. The van der Waals surface area contributed by atoms with Gasteiger partial charge in [0.25, 0.3) is 0 Å². The first-order chi connectivity index (χ1) is 10.2. The summed E-state index contributed by atoms with van der Waals surface area (Å²) < 4.78 is 4.94. The Labute approximate surface area is 135 Å². The fourth-order valence-corrected chi connectivity index (χ4v) is 3.56. The van der Waals surface area contributed by atoms with Crippen molar-refractivity contribution in [3.63, 3.8) is 0 Å². The molecule has 3 unspecified atom stereocenters. The predicted molar refractivity (Wildman–Crippen MR) is 88.3 cm³/mol. The van der Waals surface area contributed by atoms with E-state index in [1.54, 1.807) is 6.92 Å². The van der Waals surface area contributed by atoms with Gasteiger partial charge in [0.1, 0.15) is 0 Å². The molecule has 3 atom stereocenters. The minimum Gasteiger partial charge on any atom is -0.466 e. The normalized spacial score (nSPS) is 25.6. The minimum absolute atomic E-state index is 0.0494. The number of carbonyl (C=O) groups is 2. The molecule has 128 valence electrons. The fraction of sp³-hybridized carbons (Fsp3) is 0.889. The average molecular weight is 311 g/mol. The van der Waals surface area contributed by atoms with Crippen LogP contribution >= 0.6 is 0 Å². The van der Waals surface area contributed by atoms with Gasteiger partial charge < -0.3 is 10.1 Å². The van der Waals surface area contributed by atoms with Crippen LogP contribution in [0.25, 0.3) is 0 Å². The van der Waals surface area contributed by atoms with Crippen LogP contribution < -0.4 is 5.32 Å². The molecule has 4 nitrogen and oxygen atoms in total. The summed E-state index contributed by atoms with van der Waals surface area (Å²) in [5.41, 5.74) is 0.220. The molecule has 22 heavy (non-hydrogen) atoms. The molecule has 0 radical (unpaired) electrons. The molecule has 1 fully saturated rings. The van der Waals surface area contributed by atoms with Gasteiger partial charge in [-0.15, -0.1) is 0 Å². The zero-order valence-electron chi connectivity index (χ0n) is 15.1. The maximum absolute atomic E-state index is 12.7. The molecule has 4 heteroatoms. The van der Waals surface area contributed by atoms with Gasteiger partial charge in [0.05, 0.1) is 13.0 Å². The third kappa shape index (κ3) is 5.62. The van der Waals surface area contributed by atoms with E-state index >= 15 is 0 Å². The Balaban J connectivity index is 2.65. The summed E-state index contributed by atoms with van der Waals surface area (Å²) in [6.07, 6.45) is 3.45. The molecule has 0 aromatic rings. The second-order valence-electron chi connectivity index (χ2n) is 7.84. The zero-order valence-corrected chi connectivity index (χ0v) is 15.1. The Bertz CT molecular complexity index is 390. The highest BCUT2D eigenvalue weighted by Crippen LogP contribution is 2.44. The Morgan fingerprint density at radius 3 is 2.45 bits per heavy atom. The minimum atomic E-state index is -0.250. The first-order valence-electron chi connectivity index (χ1n) is 8.62. The van der Waals surface area contributed by atoms with Crippen LogP contribution in [0.1, 0.15) is 67.2 Å². The lowest BCUT2D eigenvalue weighted by atomic mass is 9.64. The van der Waals surface area contributed by atoms with Gasteiger partial charge in [0.2, 0.25) is 5.91 Å². The molecule has 1 aliphatic carbocycles. The lowest BCUT2D eigenvalue weighted by molar-refractivity contribution is -0.143. The molecule has 0 aliphatic heterocycles. The Morgan fingerprint density at radius 2 is 1.91 bits per heavy atom. The number of ether oxygens (including phenoxy) is 1. The zero-order chi connectivity index (χ0) is 16.9. The van der Waals surface area contributed by atoms with Crippen molar-refractivity contribution < 1.29 is 14.3 Å². The van der Waals surface area contributed by atoms with Gasteiger partial charge in [0.15, 0.2) is 0 Å². The highest BCUT2D eigenvalue weighted by Gasteiger charge is 2.40. The first-order valence-corrected chi connectivity index (χ1v) is 8.62. The van der Waals surface area contributed by atoms with Crippen LogP contribution in [0.3, 0.4) is 0 Å². The van der Waals surface area contributed by atoms with Crippen molar-refractivity contribution >= 4 is 11.9 Å². The molecular weight excluding hydrogens is 278 g/mol. The Hall–Kier alpha value is -1.06. The topological polar surface area (TPSA) is 55.4 Å². The molecule has 0 aromatic heterocycles. The summed E-state index contributed by atoms with van der Waals surface area (Å²) in [6, 6.07) is -0.176. The molecular formula is C18H33NO3. The van der Waals surface area contributed by atoms with Gasteiger partial charge in [-0.2, -0.15) is 0 Å². The van der Waals surface area contributed by atoms with Crippen LogP contribution in [0.15, 0.2) is 0 Å². The van der Waals surface area contributed by atoms with Crippen molar-refractivity contribution in [1.29, 1.82) is 0 Å². The van der Waals surface area contributed by atoms with E-state index in [0.29, 0.717) is 18.4 Å². The fourth-order valence-electron chi connectivity index (χ4n) is 3.56. The Kier molecular flexibility index (Phi) is 6.89. The molecule has 1 N–H and O–H groups in total. The molecule has 1 aliphatic rings. The molecule has 0 bridgehead atoms. The molecule has 1 saturated carbocycles. The third-order valence-corrected chi connectivity index (χ3v) is 4.80. The van der Waals surface area contributed by atoms with Crippen molar-refractivity contribution in [2.45, 2.75) is 73.3 Å². The van der Waals surface area contributed by atoms with Gasteiger partial charge in [-0.05, 0) is 50.4 Å². The highest BCUT2D eigenvalue weighted by atomic mass is 16.5. The number of hydrogen-bond acceptors (Lipinski definition) is 3. The molecule has 0 saturated heterocycles. The molecule has 0 aromatic carbocycles. The number of rotatable bonds is 6.